The van der Waals surface area contributed by atoms with Crippen LogP contribution in [0.5, 0.6) is 0 Å². The predicted octanol–water partition coefficient (Wildman–Crippen LogP) is 3.08. The fourth-order valence-electron chi connectivity index (χ4n) is 3.62. The summed E-state index contributed by atoms with van der Waals surface area (Å²) in [5.41, 5.74) is 7.34. The Balaban J connectivity index is 1.56. The summed E-state index contributed by atoms with van der Waals surface area (Å²) in [6.07, 6.45) is 1.49. The zero-order valence-corrected chi connectivity index (χ0v) is 17.0. The molecule has 0 atom stereocenters. The molecule has 28 heavy (non-hydrogen) atoms. The van der Waals surface area contributed by atoms with E-state index in [2.05, 4.69) is 9.97 Å². The molecule has 0 spiro atoms. The van der Waals surface area contributed by atoms with E-state index in [1.807, 2.05) is 37.3 Å². The van der Waals surface area contributed by atoms with Crippen LogP contribution in [0.4, 0.5) is 5.95 Å². The minimum absolute atomic E-state index is 0.250. The summed E-state index contributed by atoms with van der Waals surface area (Å²) in [6, 6.07) is 10.1. The third-order valence-corrected chi connectivity index (χ3v) is 6.24. The molecule has 0 aliphatic carbocycles. The number of methoxy groups -OCH3 is 1. The van der Waals surface area contributed by atoms with Crippen LogP contribution in [0.15, 0.2) is 40.3 Å². The van der Waals surface area contributed by atoms with Gasteiger partial charge in [-0.15, -0.1) is 0 Å². The van der Waals surface area contributed by atoms with Crippen molar-refractivity contribution in [3.63, 3.8) is 0 Å². The van der Waals surface area contributed by atoms with Gasteiger partial charge in [0.05, 0.1) is 18.9 Å². The van der Waals surface area contributed by atoms with Crippen LogP contribution in [0.25, 0.3) is 0 Å². The Hall–Kier alpha value is -1.71. The van der Waals surface area contributed by atoms with Crippen molar-refractivity contribution in [3.05, 3.63) is 41.6 Å². The molecule has 2 aromatic rings. The van der Waals surface area contributed by atoms with E-state index in [-0.39, 0.29) is 5.95 Å². The lowest BCUT2D eigenvalue weighted by Crippen LogP contribution is -2.36. The van der Waals surface area contributed by atoms with Crippen molar-refractivity contribution in [1.29, 1.82) is 0 Å². The summed E-state index contributed by atoms with van der Waals surface area (Å²) in [4.78, 5) is 9.90. The van der Waals surface area contributed by atoms with Crippen molar-refractivity contribution in [1.82, 2.24) is 9.97 Å². The average Bonchev–Trinajstić information content (AvgIpc) is 3.16. The van der Waals surface area contributed by atoms with Crippen molar-refractivity contribution in [2.45, 2.75) is 41.1 Å². The molecular formula is C20H25N3O4S. The van der Waals surface area contributed by atoms with Gasteiger partial charge in [0.1, 0.15) is 10.6 Å². The monoisotopic (exact) mass is 403 g/mol. The third-order valence-electron chi connectivity index (χ3n) is 5.32. The predicted molar refractivity (Wildman–Crippen MR) is 105 cm³/mol. The summed E-state index contributed by atoms with van der Waals surface area (Å²) in [7, 11) is 1.71. The van der Waals surface area contributed by atoms with Crippen molar-refractivity contribution >= 4 is 17.7 Å². The summed E-state index contributed by atoms with van der Waals surface area (Å²) < 4.78 is 22.8. The van der Waals surface area contributed by atoms with E-state index in [0.29, 0.717) is 26.4 Å². The second-order valence-electron chi connectivity index (χ2n) is 7.03. The molecule has 8 heteroatoms. The van der Waals surface area contributed by atoms with Gasteiger partial charge in [-0.05, 0) is 25.1 Å². The third kappa shape index (κ3) is 3.88. The highest BCUT2D eigenvalue weighted by Gasteiger charge is 2.37. The minimum Gasteiger partial charge on any atom is -0.381 e. The highest BCUT2D eigenvalue weighted by molar-refractivity contribution is 7.99. The molecule has 0 unspecified atom stereocenters. The largest absolute Gasteiger partial charge is 0.381 e. The van der Waals surface area contributed by atoms with Gasteiger partial charge in [-0.2, -0.15) is 0 Å². The van der Waals surface area contributed by atoms with E-state index >= 15 is 0 Å². The topological polar surface area (TPSA) is 88.7 Å². The van der Waals surface area contributed by atoms with Crippen LogP contribution >= 0.6 is 11.8 Å². The van der Waals surface area contributed by atoms with Crippen LogP contribution in [0, 0.1) is 0 Å². The first-order chi connectivity index (χ1) is 13.5. The number of ether oxygens (including phenoxy) is 4. The number of anilines is 1. The van der Waals surface area contributed by atoms with Crippen LogP contribution in [0.3, 0.4) is 0 Å². The zero-order valence-electron chi connectivity index (χ0n) is 16.1. The van der Waals surface area contributed by atoms with Crippen LogP contribution in [0.1, 0.15) is 31.0 Å². The molecule has 4 rings (SSSR count). The number of hydrogen-bond acceptors (Lipinski definition) is 8. The molecule has 1 aromatic carbocycles. The van der Waals surface area contributed by atoms with Gasteiger partial charge in [-0.3, -0.25) is 0 Å². The van der Waals surface area contributed by atoms with Crippen molar-refractivity contribution < 1.29 is 18.9 Å². The molecule has 2 aliphatic heterocycles. The molecule has 7 nitrogen and oxygen atoms in total. The van der Waals surface area contributed by atoms with Gasteiger partial charge >= 0.3 is 0 Å². The summed E-state index contributed by atoms with van der Waals surface area (Å²) in [5, 5.41) is 0.790. The number of nitrogens with two attached hydrogens (primary N) is 1. The molecule has 0 radical (unpaired) electrons. The molecular weight excluding hydrogens is 378 g/mol. The molecule has 2 aliphatic rings. The first-order valence-electron chi connectivity index (χ1n) is 9.37. The Morgan fingerprint density at radius 3 is 2.36 bits per heavy atom. The molecule has 0 bridgehead atoms. The summed E-state index contributed by atoms with van der Waals surface area (Å²) >= 11 is 1.54. The molecule has 0 saturated carbocycles. The Kier molecular flexibility index (Phi) is 5.57. The quantitative estimate of drug-likeness (QED) is 0.762. The fraction of sp³-hybridized carbons (Fsp3) is 0.500. The van der Waals surface area contributed by atoms with Crippen molar-refractivity contribution in [3.8, 4) is 0 Å². The van der Waals surface area contributed by atoms with Crippen LogP contribution in [-0.4, -0.2) is 43.5 Å². The molecule has 1 aromatic heterocycles. The number of nitrogen functional groups attached to an aromatic ring is 1. The number of aromatic nitrogens is 2. The minimum atomic E-state index is -0.663. The lowest BCUT2D eigenvalue weighted by atomic mass is 9.90. The number of hydrogen-bond donors (Lipinski definition) is 1. The normalized spacial score (nSPS) is 20.9. The van der Waals surface area contributed by atoms with Gasteiger partial charge in [0, 0.05) is 43.6 Å². The van der Waals surface area contributed by atoms with Gasteiger partial charge in [-0.1, -0.05) is 23.9 Å². The molecule has 150 valence electrons. The highest BCUT2D eigenvalue weighted by Crippen LogP contribution is 2.38. The van der Waals surface area contributed by atoms with Crippen molar-refractivity contribution in [2.24, 2.45) is 0 Å². The zero-order chi connectivity index (χ0) is 19.6. The lowest BCUT2D eigenvalue weighted by molar-refractivity contribution is -0.149. The Bertz CT molecular complexity index is 819. The first-order valence-corrected chi connectivity index (χ1v) is 10.2. The maximum absolute atomic E-state index is 6.00. The van der Waals surface area contributed by atoms with E-state index in [4.69, 9.17) is 24.7 Å². The maximum atomic E-state index is 6.00. The maximum Gasteiger partial charge on any atom is 0.221 e. The molecule has 2 N–H and O–H groups in total. The Morgan fingerprint density at radius 1 is 1.04 bits per heavy atom. The highest BCUT2D eigenvalue weighted by atomic mass is 32.2. The second-order valence-corrected chi connectivity index (χ2v) is 8.12. The second kappa shape index (κ2) is 7.96. The van der Waals surface area contributed by atoms with E-state index in [1.165, 1.54) is 11.8 Å². The molecule has 2 fully saturated rings. The van der Waals surface area contributed by atoms with Gasteiger partial charge in [0.25, 0.3) is 0 Å². The Labute approximate surface area is 168 Å². The van der Waals surface area contributed by atoms with E-state index in [0.717, 1.165) is 34.0 Å². The van der Waals surface area contributed by atoms with Gasteiger partial charge < -0.3 is 24.7 Å². The Morgan fingerprint density at radius 2 is 1.71 bits per heavy atom. The SMILES string of the molecule is COC1(c2cc(Sc3ccc(C4(C)OCCO4)cc3)nc(N)n2)CCOCC1. The van der Waals surface area contributed by atoms with Crippen LogP contribution < -0.4 is 5.73 Å². The molecule has 3 heterocycles. The van der Waals surface area contributed by atoms with E-state index < -0.39 is 11.4 Å². The smallest absolute Gasteiger partial charge is 0.221 e. The van der Waals surface area contributed by atoms with Crippen LogP contribution in [0.2, 0.25) is 0 Å². The molecule has 2 saturated heterocycles. The number of benzene rings is 1. The van der Waals surface area contributed by atoms with Gasteiger partial charge in [-0.25, -0.2) is 9.97 Å². The first kappa shape index (κ1) is 19.6. The van der Waals surface area contributed by atoms with E-state index in [9.17, 15) is 0 Å². The van der Waals surface area contributed by atoms with Crippen LogP contribution in [-0.2, 0) is 30.3 Å². The standard InChI is InChI=1S/C20H25N3O4S/c1-19(26-11-12-27-19)14-3-5-15(6-4-14)28-17-13-16(22-18(21)23-17)20(24-2)7-9-25-10-8-20/h3-6,13H,7-12H2,1-2H3,(H2,21,22,23). The lowest BCUT2D eigenvalue weighted by Gasteiger charge is -2.35. The number of rotatable bonds is 5. The van der Waals surface area contributed by atoms with Gasteiger partial charge in [0.15, 0.2) is 5.79 Å². The van der Waals surface area contributed by atoms with Gasteiger partial charge in [0.2, 0.25) is 5.95 Å². The summed E-state index contributed by atoms with van der Waals surface area (Å²) in [5.74, 6) is -0.413. The average molecular weight is 404 g/mol. The summed E-state index contributed by atoms with van der Waals surface area (Å²) in [6.45, 7) is 4.46. The van der Waals surface area contributed by atoms with E-state index in [1.54, 1.807) is 7.11 Å². The van der Waals surface area contributed by atoms with Crippen molar-refractivity contribution in [2.75, 3.05) is 39.3 Å². The molecule has 0 amide bonds. The number of nitrogens with zero attached hydrogens (tertiary/aromatic N) is 2. The fourth-order valence-corrected chi connectivity index (χ4v) is 4.45.